The van der Waals surface area contributed by atoms with Crippen molar-refractivity contribution >= 4 is 21.9 Å². The van der Waals surface area contributed by atoms with Crippen LogP contribution in [0.1, 0.15) is 51.9 Å². The molecule has 1 saturated carbocycles. The molecule has 1 aromatic carbocycles. The third-order valence-corrected chi connectivity index (χ3v) is 8.11. The zero-order chi connectivity index (χ0) is 22.7. The fourth-order valence-electron chi connectivity index (χ4n) is 4.45. The minimum atomic E-state index is -3.95. The predicted molar refractivity (Wildman–Crippen MR) is 115 cm³/mol. The van der Waals surface area contributed by atoms with Crippen LogP contribution in [0.3, 0.4) is 0 Å². The monoisotopic (exact) mass is 466 g/mol. The number of carbonyl (C=O) groups is 2. The molecule has 4 rings (SSSR count). The molecule has 2 atom stereocenters. The van der Waals surface area contributed by atoms with E-state index in [1.807, 2.05) is 0 Å². The van der Waals surface area contributed by atoms with E-state index in [1.54, 1.807) is 6.07 Å². The second-order valence-electron chi connectivity index (χ2n) is 8.50. The lowest BCUT2D eigenvalue weighted by Crippen LogP contribution is -2.46. The van der Waals surface area contributed by atoms with Crippen molar-refractivity contribution in [3.05, 3.63) is 18.2 Å². The second kappa shape index (κ2) is 9.66. The third-order valence-electron chi connectivity index (χ3n) is 6.21. The van der Waals surface area contributed by atoms with Crippen LogP contribution in [-0.4, -0.2) is 62.5 Å². The molecule has 1 aromatic rings. The summed E-state index contributed by atoms with van der Waals surface area (Å²) in [5.41, 5.74) is 0. The molecule has 3 aliphatic rings. The van der Waals surface area contributed by atoms with Gasteiger partial charge in [0.15, 0.2) is 17.6 Å². The normalized spacial score (nSPS) is 22.8. The molecule has 1 aliphatic carbocycles. The smallest absolute Gasteiger partial charge is 0.325 e. The number of hydrogen-bond donors (Lipinski definition) is 1. The first-order chi connectivity index (χ1) is 15.4. The van der Waals surface area contributed by atoms with Crippen molar-refractivity contribution < 1.29 is 32.2 Å². The van der Waals surface area contributed by atoms with E-state index in [1.165, 1.54) is 25.5 Å². The first-order valence-electron chi connectivity index (χ1n) is 11.3. The molecule has 176 valence electrons. The maximum atomic E-state index is 13.3. The summed E-state index contributed by atoms with van der Waals surface area (Å²) in [7, 11) is -3.95. The van der Waals surface area contributed by atoms with Gasteiger partial charge in [0.1, 0.15) is 19.3 Å². The van der Waals surface area contributed by atoms with Crippen LogP contribution >= 0.6 is 0 Å². The molecule has 32 heavy (non-hydrogen) atoms. The molecule has 0 radical (unpaired) electrons. The fraction of sp³-hybridized carbons (Fsp3) is 0.636. The summed E-state index contributed by atoms with van der Waals surface area (Å²) in [5.74, 6) is -0.187. The van der Waals surface area contributed by atoms with Crippen molar-refractivity contribution in [2.45, 2.75) is 75.0 Å². The molecule has 10 heteroatoms. The van der Waals surface area contributed by atoms with E-state index in [9.17, 15) is 18.0 Å². The first-order valence-corrected chi connectivity index (χ1v) is 12.7. The topological polar surface area (TPSA) is 111 Å². The van der Waals surface area contributed by atoms with E-state index in [0.29, 0.717) is 37.6 Å². The molecule has 0 spiro atoms. The summed E-state index contributed by atoms with van der Waals surface area (Å²) in [5, 5.41) is 2.94. The van der Waals surface area contributed by atoms with Crippen LogP contribution in [0.15, 0.2) is 23.1 Å². The average molecular weight is 467 g/mol. The Morgan fingerprint density at radius 3 is 2.53 bits per heavy atom. The molecule has 2 fully saturated rings. The molecular formula is C22H30N2O7S. The van der Waals surface area contributed by atoms with Gasteiger partial charge in [0.05, 0.1) is 4.90 Å². The maximum absolute atomic E-state index is 13.3. The molecule has 2 aliphatic heterocycles. The van der Waals surface area contributed by atoms with Gasteiger partial charge in [-0.15, -0.1) is 0 Å². The predicted octanol–water partition coefficient (Wildman–Crippen LogP) is 1.99. The van der Waals surface area contributed by atoms with Gasteiger partial charge in [0, 0.05) is 18.7 Å². The summed E-state index contributed by atoms with van der Waals surface area (Å²) >= 11 is 0. The van der Waals surface area contributed by atoms with Crippen molar-refractivity contribution in [3.8, 4) is 11.5 Å². The van der Waals surface area contributed by atoms with E-state index in [-0.39, 0.29) is 23.4 Å². The van der Waals surface area contributed by atoms with Crippen LogP contribution < -0.4 is 14.8 Å². The summed E-state index contributed by atoms with van der Waals surface area (Å²) in [6, 6.07) is 3.57. The van der Waals surface area contributed by atoms with Gasteiger partial charge in [-0.1, -0.05) is 19.3 Å². The highest BCUT2D eigenvalue weighted by Crippen LogP contribution is 2.35. The third kappa shape index (κ3) is 4.85. The quantitative estimate of drug-likeness (QED) is 0.638. The van der Waals surface area contributed by atoms with Gasteiger partial charge in [0.25, 0.3) is 5.91 Å². The molecule has 2 heterocycles. The number of nitrogens with one attached hydrogen (secondary N) is 1. The van der Waals surface area contributed by atoms with Crippen molar-refractivity contribution in [2.75, 3.05) is 19.8 Å². The standard InChI is InChI=1S/C22H30N2O7S/c1-15(21(25)23-16-6-3-2-4-7-16)31-22(26)18-8-5-11-24(18)32(27,28)17-9-10-19-20(14-17)30-13-12-29-19/h9-10,14-16,18H,2-8,11-13H2,1H3,(H,23,25)/t15-,18+/m1/s1. The average Bonchev–Trinajstić information content (AvgIpc) is 3.30. The van der Waals surface area contributed by atoms with Gasteiger partial charge >= 0.3 is 5.97 Å². The Morgan fingerprint density at radius 1 is 1.06 bits per heavy atom. The van der Waals surface area contributed by atoms with Crippen LogP contribution in [0, 0.1) is 0 Å². The highest BCUT2D eigenvalue weighted by Gasteiger charge is 2.41. The molecule has 1 saturated heterocycles. The van der Waals surface area contributed by atoms with Crippen LogP contribution in [0.2, 0.25) is 0 Å². The Kier molecular flexibility index (Phi) is 6.90. The van der Waals surface area contributed by atoms with E-state index in [2.05, 4.69) is 5.32 Å². The number of carbonyl (C=O) groups excluding carboxylic acids is 2. The van der Waals surface area contributed by atoms with Crippen LogP contribution in [0.5, 0.6) is 11.5 Å². The highest BCUT2D eigenvalue weighted by molar-refractivity contribution is 7.89. The Balaban J connectivity index is 1.42. The number of sulfonamides is 1. The van der Waals surface area contributed by atoms with Crippen molar-refractivity contribution in [1.82, 2.24) is 9.62 Å². The number of rotatable bonds is 6. The number of ether oxygens (including phenoxy) is 3. The first kappa shape index (κ1) is 22.8. The van der Waals surface area contributed by atoms with Gasteiger partial charge in [-0.25, -0.2) is 8.42 Å². The number of fused-ring (bicyclic) bond motifs is 1. The molecule has 1 amide bonds. The zero-order valence-electron chi connectivity index (χ0n) is 18.2. The summed E-state index contributed by atoms with van der Waals surface area (Å²) < 4.78 is 44.0. The number of benzene rings is 1. The van der Waals surface area contributed by atoms with Gasteiger partial charge < -0.3 is 19.5 Å². The number of nitrogens with zero attached hydrogens (tertiary/aromatic N) is 1. The van der Waals surface area contributed by atoms with Gasteiger partial charge in [-0.2, -0.15) is 4.31 Å². The van der Waals surface area contributed by atoms with Crippen LogP contribution in [-0.2, 0) is 24.3 Å². The van der Waals surface area contributed by atoms with Crippen molar-refractivity contribution in [3.63, 3.8) is 0 Å². The Labute approximate surface area is 188 Å². The lowest BCUT2D eigenvalue weighted by molar-refractivity contribution is -0.158. The van der Waals surface area contributed by atoms with Gasteiger partial charge in [-0.05, 0) is 44.7 Å². The molecular weight excluding hydrogens is 436 g/mol. The number of hydrogen-bond acceptors (Lipinski definition) is 7. The Bertz CT molecular complexity index is 959. The highest BCUT2D eigenvalue weighted by atomic mass is 32.2. The van der Waals surface area contributed by atoms with Gasteiger partial charge in [0.2, 0.25) is 10.0 Å². The summed E-state index contributed by atoms with van der Waals surface area (Å²) in [6.07, 6.45) is 5.08. The SMILES string of the molecule is C[C@@H](OC(=O)[C@@H]1CCCN1S(=O)(=O)c1ccc2c(c1)OCCO2)C(=O)NC1CCCCC1. The Morgan fingerprint density at radius 2 is 1.78 bits per heavy atom. The van der Waals surface area contributed by atoms with E-state index >= 15 is 0 Å². The van der Waals surface area contributed by atoms with Crippen molar-refractivity contribution in [2.24, 2.45) is 0 Å². The fourth-order valence-corrected chi connectivity index (χ4v) is 6.12. The van der Waals surface area contributed by atoms with E-state index in [0.717, 1.165) is 30.0 Å². The largest absolute Gasteiger partial charge is 0.486 e. The molecule has 0 unspecified atom stereocenters. The van der Waals surface area contributed by atoms with Gasteiger partial charge in [-0.3, -0.25) is 9.59 Å². The van der Waals surface area contributed by atoms with Crippen LogP contribution in [0.25, 0.3) is 0 Å². The molecule has 0 aromatic heterocycles. The maximum Gasteiger partial charge on any atom is 0.325 e. The van der Waals surface area contributed by atoms with E-state index < -0.39 is 28.1 Å². The minimum absolute atomic E-state index is 0.0320. The zero-order valence-corrected chi connectivity index (χ0v) is 19.1. The summed E-state index contributed by atoms with van der Waals surface area (Å²) in [6.45, 7) is 2.48. The minimum Gasteiger partial charge on any atom is -0.486 e. The molecule has 1 N–H and O–H groups in total. The molecule has 9 nitrogen and oxygen atoms in total. The number of amides is 1. The number of esters is 1. The lowest BCUT2D eigenvalue weighted by atomic mass is 9.95. The molecule has 0 bridgehead atoms. The Hall–Kier alpha value is -2.33. The van der Waals surface area contributed by atoms with Crippen molar-refractivity contribution in [1.29, 1.82) is 0 Å². The second-order valence-corrected chi connectivity index (χ2v) is 10.4. The lowest BCUT2D eigenvalue weighted by Gasteiger charge is -2.26. The summed E-state index contributed by atoms with van der Waals surface area (Å²) in [4.78, 5) is 25.3. The van der Waals surface area contributed by atoms with Crippen LogP contribution in [0.4, 0.5) is 0 Å². The van der Waals surface area contributed by atoms with E-state index in [4.69, 9.17) is 14.2 Å².